The average molecular weight is 346 g/mol. The van der Waals surface area contributed by atoms with Crippen molar-refractivity contribution in [1.29, 1.82) is 0 Å². The van der Waals surface area contributed by atoms with Crippen LogP contribution in [0.1, 0.15) is 74.3 Å². The van der Waals surface area contributed by atoms with E-state index in [9.17, 15) is 4.79 Å². The minimum Gasteiger partial charge on any atom is -0.369 e. The Kier molecular flexibility index (Phi) is 4.36. The number of hydrogen-bond donors (Lipinski definition) is 1. The first-order valence-electron chi connectivity index (χ1n) is 9.75. The SMILES string of the molecule is C[C@@H]1Cc2c(C(=O)N3CCC(C)(N4CCCC4)CC3)n[nH]c2[C@H](C)O1. The number of nitrogens with one attached hydrogen (secondary N) is 1. The van der Waals surface area contributed by atoms with Crippen LogP contribution in [0.2, 0.25) is 0 Å². The van der Waals surface area contributed by atoms with Crippen LogP contribution in [0.25, 0.3) is 0 Å². The molecule has 3 aliphatic heterocycles. The van der Waals surface area contributed by atoms with Crippen LogP contribution in [0.4, 0.5) is 0 Å². The van der Waals surface area contributed by atoms with Crippen molar-refractivity contribution in [2.45, 2.75) is 70.6 Å². The Labute approximate surface area is 149 Å². The second-order valence-electron chi connectivity index (χ2n) is 8.24. The van der Waals surface area contributed by atoms with Crippen LogP contribution in [0.3, 0.4) is 0 Å². The number of H-pyrrole nitrogens is 1. The molecule has 0 unspecified atom stereocenters. The van der Waals surface area contributed by atoms with Crippen molar-refractivity contribution in [3.63, 3.8) is 0 Å². The van der Waals surface area contributed by atoms with Gasteiger partial charge in [0, 0.05) is 30.6 Å². The maximum atomic E-state index is 13.1. The normalized spacial score (nSPS) is 29.6. The lowest BCUT2D eigenvalue weighted by atomic mass is 9.87. The molecule has 0 aliphatic carbocycles. The zero-order valence-corrected chi connectivity index (χ0v) is 15.7. The first-order chi connectivity index (χ1) is 12.0. The van der Waals surface area contributed by atoms with E-state index >= 15 is 0 Å². The average Bonchev–Trinajstić information content (AvgIpc) is 3.25. The number of carbonyl (C=O) groups is 1. The molecule has 0 spiro atoms. The molecular weight excluding hydrogens is 316 g/mol. The molecule has 1 aromatic heterocycles. The standard InChI is InChI=1S/C19H30N4O2/c1-13-12-15-16(14(2)25-13)20-21-17(15)18(24)22-10-6-19(3,7-11-22)23-8-4-5-9-23/h13-14H,4-12H2,1-3H3,(H,20,21)/t13-,14+/m1/s1. The van der Waals surface area contributed by atoms with Crippen molar-refractivity contribution in [2.75, 3.05) is 26.2 Å². The number of rotatable bonds is 2. The molecule has 1 N–H and O–H groups in total. The molecule has 138 valence electrons. The highest BCUT2D eigenvalue weighted by molar-refractivity contribution is 5.94. The summed E-state index contributed by atoms with van der Waals surface area (Å²) < 4.78 is 5.83. The van der Waals surface area contributed by atoms with Gasteiger partial charge in [0.15, 0.2) is 5.69 Å². The highest BCUT2D eigenvalue weighted by atomic mass is 16.5. The van der Waals surface area contributed by atoms with Crippen LogP contribution < -0.4 is 0 Å². The lowest BCUT2D eigenvalue weighted by Crippen LogP contribution is -2.53. The Morgan fingerprint density at radius 2 is 1.88 bits per heavy atom. The van der Waals surface area contributed by atoms with E-state index < -0.39 is 0 Å². The molecule has 2 fully saturated rings. The molecule has 6 nitrogen and oxygen atoms in total. The lowest BCUT2D eigenvalue weighted by molar-refractivity contribution is -0.00706. The van der Waals surface area contributed by atoms with Gasteiger partial charge in [0.05, 0.1) is 17.9 Å². The van der Waals surface area contributed by atoms with Gasteiger partial charge in [-0.05, 0) is 59.5 Å². The molecule has 1 amide bonds. The Morgan fingerprint density at radius 3 is 2.56 bits per heavy atom. The van der Waals surface area contributed by atoms with E-state index in [1.165, 1.54) is 25.9 Å². The molecule has 2 atom stereocenters. The van der Waals surface area contributed by atoms with E-state index in [2.05, 4.69) is 28.9 Å². The van der Waals surface area contributed by atoms with Crippen molar-refractivity contribution in [3.05, 3.63) is 17.0 Å². The van der Waals surface area contributed by atoms with E-state index in [0.29, 0.717) is 5.69 Å². The number of aromatic amines is 1. The monoisotopic (exact) mass is 346 g/mol. The summed E-state index contributed by atoms with van der Waals surface area (Å²) in [5.41, 5.74) is 2.90. The summed E-state index contributed by atoms with van der Waals surface area (Å²) in [6.45, 7) is 10.5. The number of likely N-dealkylation sites (tertiary alicyclic amines) is 2. The predicted molar refractivity (Wildman–Crippen MR) is 95.6 cm³/mol. The van der Waals surface area contributed by atoms with E-state index in [4.69, 9.17) is 4.74 Å². The van der Waals surface area contributed by atoms with Gasteiger partial charge in [-0.2, -0.15) is 5.10 Å². The summed E-state index contributed by atoms with van der Waals surface area (Å²) >= 11 is 0. The van der Waals surface area contributed by atoms with Gasteiger partial charge in [-0.1, -0.05) is 0 Å². The van der Waals surface area contributed by atoms with Gasteiger partial charge in [-0.15, -0.1) is 0 Å². The number of amides is 1. The minimum atomic E-state index is -0.0207. The fraction of sp³-hybridized carbons (Fsp3) is 0.789. The molecule has 0 radical (unpaired) electrons. The summed E-state index contributed by atoms with van der Waals surface area (Å²) in [6, 6.07) is 0. The number of ether oxygens (including phenoxy) is 1. The van der Waals surface area contributed by atoms with E-state index in [-0.39, 0.29) is 23.7 Å². The molecular formula is C19H30N4O2. The summed E-state index contributed by atoms with van der Waals surface area (Å²) in [4.78, 5) is 17.7. The van der Waals surface area contributed by atoms with E-state index in [1.807, 2.05) is 11.8 Å². The molecule has 0 bridgehead atoms. The van der Waals surface area contributed by atoms with E-state index in [1.54, 1.807) is 0 Å². The predicted octanol–water partition coefficient (Wildman–Crippen LogP) is 2.52. The van der Waals surface area contributed by atoms with Crippen LogP contribution in [0, 0.1) is 0 Å². The fourth-order valence-corrected chi connectivity index (χ4v) is 4.77. The van der Waals surface area contributed by atoms with Gasteiger partial charge in [-0.25, -0.2) is 0 Å². The Bertz CT molecular complexity index is 642. The van der Waals surface area contributed by atoms with Crippen LogP contribution in [-0.2, 0) is 11.2 Å². The van der Waals surface area contributed by atoms with Crippen LogP contribution in [0.5, 0.6) is 0 Å². The molecule has 4 heterocycles. The Hall–Kier alpha value is -1.40. The van der Waals surface area contributed by atoms with Gasteiger partial charge >= 0.3 is 0 Å². The zero-order chi connectivity index (χ0) is 17.6. The van der Waals surface area contributed by atoms with Crippen molar-refractivity contribution < 1.29 is 9.53 Å². The molecule has 1 aromatic rings. The summed E-state index contributed by atoms with van der Waals surface area (Å²) in [7, 11) is 0. The molecule has 0 saturated carbocycles. The largest absolute Gasteiger partial charge is 0.369 e. The second-order valence-corrected chi connectivity index (χ2v) is 8.24. The molecule has 6 heteroatoms. The fourth-order valence-electron chi connectivity index (χ4n) is 4.77. The van der Waals surface area contributed by atoms with Gasteiger partial charge < -0.3 is 9.64 Å². The first kappa shape index (κ1) is 17.0. The number of fused-ring (bicyclic) bond motifs is 1. The highest BCUT2D eigenvalue weighted by Gasteiger charge is 2.39. The smallest absolute Gasteiger partial charge is 0.274 e. The van der Waals surface area contributed by atoms with Crippen molar-refractivity contribution in [2.24, 2.45) is 0 Å². The van der Waals surface area contributed by atoms with Crippen molar-refractivity contribution in [3.8, 4) is 0 Å². The Balaban J connectivity index is 1.46. The Morgan fingerprint density at radius 1 is 1.20 bits per heavy atom. The van der Waals surface area contributed by atoms with Crippen molar-refractivity contribution in [1.82, 2.24) is 20.0 Å². The molecule has 25 heavy (non-hydrogen) atoms. The number of hydrogen-bond acceptors (Lipinski definition) is 4. The summed E-state index contributed by atoms with van der Waals surface area (Å²) in [6.07, 6.45) is 5.62. The number of carbonyl (C=O) groups excluding carboxylic acids is 1. The van der Waals surface area contributed by atoms with Gasteiger partial charge in [0.1, 0.15) is 0 Å². The van der Waals surface area contributed by atoms with E-state index in [0.717, 1.165) is 43.6 Å². The third-order valence-electron chi connectivity index (χ3n) is 6.43. The number of nitrogens with zero attached hydrogens (tertiary/aromatic N) is 3. The molecule has 3 aliphatic rings. The number of piperidine rings is 1. The van der Waals surface area contributed by atoms with Gasteiger partial charge in [0.25, 0.3) is 5.91 Å². The first-order valence-corrected chi connectivity index (χ1v) is 9.75. The van der Waals surface area contributed by atoms with Crippen LogP contribution >= 0.6 is 0 Å². The van der Waals surface area contributed by atoms with Gasteiger partial charge in [-0.3, -0.25) is 14.8 Å². The summed E-state index contributed by atoms with van der Waals surface area (Å²) in [5.74, 6) is 0.0854. The molecule has 0 aromatic carbocycles. The molecule has 4 rings (SSSR count). The molecule has 2 saturated heterocycles. The van der Waals surface area contributed by atoms with Crippen molar-refractivity contribution >= 4 is 5.91 Å². The van der Waals surface area contributed by atoms with Gasteiger partial charge in [0.2, 0.25) is 0 Å². The topological polar surface area (TPSA) is 61.5 Å². The quantitative estimate of drug-likeness (QED) is 0.894. The highest BCUT2D eigenvalue weighted by Crippen LogP contribution is 2.34. The number of aromatic nitrogens is 2. The maximum absolute atomic E-state index is 13.1. The third-order valence-corrected chi connectivity index (χ3v) is 6.43. The van der Waals surface area contributed by atoms with Crippen LogP contribution in [0.15, 0.2) is 0 Å². The lowest BCUT2D eigenvalue weighted by Gasteiger charge is -2.45. The second kappa shape index (κ2) is 6.40. The minimum absolute atomic E-state index is 0.0207. The zero-order valence-electron chi connectivity index (χ0n) is 15.7. The maximum Gasteiger partial charge on any atom is 0.274 e. The summed E-state index contributed by atoms with van der Waals surface area (Å²) in [5, 5.41) is 7.41. The van der Waals surface area contributed by atoms with Crippen LogP contribution in [-0.4, -0.2) is 63.7 Å². The third kappa shape index (κ3) is 2.99.